The molecule has 1 unspecified atom stereocenters. The van der Waals surface area contributed by atoms with Crippen LogP contribution < -0.4 is 5.32 Å². The van der Waals surface area contributed by atoms with E-state index in [0.717, 1.165) is 47.2 Å². The summed E-state index contributed by atoms with van der Waals surface area (Å²) >= 11 is 0. The molecule has 2 aromatic rings. The van der Waals surface area contributed by atoms with Gasteiger partial charge in [-0.1, -0.05) is 50.2 Å². The minimum atomic E-state index is -0.349. The number of aliphatic hydroxyl groups is 1. The van der Waals surface area contributed by atoms with E-state index in [1.807, 2.05) is 38.1 Å². The lowest BCUT2D eigenvalue weighted by molar-refractivity contribution is 0.0956. The summed E-state index contributed by atoms with van der Waals surface area (Å²) in [6, 6.07) is 14.3. The Morgan fingerprint density at radius 2 is 1.92 bits per heavy atom. The molecule has 3 heteroatoms. The van der Waals surface area contributed by atoms with E-state index in [1.54, 1.807) is 0 Å². The molecule has 1 amide bonds. The monoisotopic (exact) mass is 323 g/mol. The van der Waals surface area contributed by atoms with Gasteiger partial charge in [-0.2, -0.15) is 0 Å². The average Bonchev–Trinajstić information content (AvgIpc) is 2.76. The summed E-state index contributed by atoms with van der Waals surface area (Å²) in [5.41, 5.74) is 5.31. The normalized spacial score (nSPS) is 15.6. The van der Waals surface area contributed by atoms with Crippen molar-refractivity contribution < 1.29 is 9.90 Å². The third kappa shape index (κ3) is 3.51. The van der Waals surface area contributed by atoms with Crippen LogP contribution in [0.4, 0.5) is 0 Å². The van der Waals surface area contributed by atoms with Gasteiger partial charge in [-0.25, -0.2) is 0 Å². The van der Waals surface area contributed by atoms with Crippen LogP contribution in [0.2, 0.25) is 0 Å². The zero-order valence-corrected chi connectivity index (χ0v) is 14.4. The fourth-order valence-corrected chi connectivity index (χ4v) is 3.21. The van der Waals surface area contributed by atoms with Crippen LogP contribution in [0.3, 0.4) is 0 Å². The molecule has 24 heavy (non-hydrogen) atoms. The highest BCUT2D eigenvalue weighted by atomic mass is 16.3. The van der Waals surface area contributed by atoms with Gasteiger partial charge in [0.2, 0.25) is 0 Å². The summed E-state index contributed by atoms with van der Waals surface area (Å²) < 4.78 is 0. The van der Waals surface area contributed by atoms with Crippen LogP contribution in [-0.2, 0) is 12.8 Å². The Labute approximate surface area is 143 Å². The minimum Gasteiger partial charge on any atom is -0.393 e. The van der Waals surface area contributed by atoms with Gasteiger partial charge in [0.05, 0.1) is 6.10 Å². The summed E-state index contributed by atoms with van der Waals surface area (Å²) in [6.45, 7) is 4.81. The maximum Gasteiger partial charge on any atom is 0.251 e. The van der Waals surface area contributed by atoms with Crippen LogP contribution in [0.25, 0.3) is 11.1 Å². The number of rotatable bonds is 4. The SMILES string of the molecule is CC(C)C(O)Cc1ccccc1-c1ccc2c(c1)CCCNC2=O. The number of benzene rings is 2. The number of hydrogen-bond acceptors (Lipinski definition) is 2. The van der Waals surface area contributed by atoms with E-state index in [1.165, 1.54) is 0 Å². The van der Waals surface area contributed by atoms with E-state index >= 15 is 0 Å². The Hall–Kier alpha value is -2.13. The van der Waals surface area contributed by atoms with E-state index in [2.05, 4.69) is 23.5 Å². The van der Waals surface area contributed by atoms with Gasteiger partial charge in [0.1, 0.15) is 0 Å². The first-order chi connectivity index (χ1) is 11.6. The molecule has 1 atom stereocenters. The van der Waals surface area contributed by atoms with Gasteiger partial charge < -0.3 is 10.4 Å². The van der Waals surface area contributed by atoms with E-state index in [4.69, 9.17) is 0 Å². The lowest BCUT2D eigenvalue weighted by Gasteiger charge is -2.17. The highest BCUT2D eigenvalue weighted by molar-refractivity contribution is 5.96. The first-order valence-corrected chi connectivity index (χ1v) is 8.73. The second-order valence-corrected chi connectivity index (χ2v) is 6.90. The highest BCUT2D eigenvalue weighted by Crippen LogP contribution is 2.28. The minimum absolute atomic E-state index is 0.0255. The maximum absolute atomic E-state index is 12.1. The molecule has 3 nitrogen and oxygen atoms in total. The van der Waals surface area contributed by atoms with Crippen LogP contribution in [0.1, 0.15) is 41.8 Å². The van der Waals surface area contributed by atoms with Crippen LogP contribution >= 0.6 is 0 Å². The number of nitrogens with one attached hydrogen (secondary N) is 1. The van der Waals surface area contributed by atoms with Crippen molar-refractivity contribution >= 4 is 5.91 Å². The summed E-state index contributed by atoms with van der Waals surface area (Å²) in [7, 11) is 0. The summed E-state index contributed by atoms with van der Waals surface area (Å²) in [5, 5.41) is 13.2. The molecule has 3 rings (SSSR count). The Morgan fingerprint density at radius 1 is 1.12 bits per heavy atom. The molecule has 0 radical (unpaired) electrons. The van der Waals surface area contributed by atoms with Gasteiger partial charge in [-0.3, -0.25) is 4.79 Å². The zero-order valence-electron chi connectivity index (χ0n) is 14.4. The zero-order chi connectivity index (χ0) is 17.1. The van der Waals surface area contributed by atoms with Gasteiger partial charge in [-0.15, -0.1) is 0 Å². The third-order valence-electron chi connectivity index (χ3n) is 4.79. The van der Waals surface area contributed by atoms with Crippen molar-refractivity contribution in [2.75, 3.05) is 6.54 Å². The van der Waals surface area contributed by atoms with Gasteiger partial charge in [0.15, 0.2) is 0 Å². The fraction of sp³-hybridized carbons (Fsp3) is 0.381. The highest BCUT2D eigenvalue weighted by Gasteiger charge is 2.17. The smallest absolute Gasteiger partial charge is 0.251 e. The van der Waals surface area contributed by atoms with E-state index in [9.17, 15) is 9.90 Å². The lowest BCUT2D eigenvalue weighted by Crippen LogP contribution is -2.22. The largest absolute Gasteiger partial charge is 0.393 e. The maximum atomic E-state index is 12.1. The molecule has 0 saturated carbocycles. The van der Waals surface area contributed by atoms with Crippen molar-refractivity contribution in [3.05, 3.63) is 59.2 Å². The number of fused-ring (bicyclic) bond motifs is 1. The number of carbonyl (C=O) groups excluding carboxylic acids is 1. The van der Waals surface area contributed by atoms with Crippen LogP contribution in [0.5, 0.6) is 0 Å². The molecule has 2 N–H and O–H groups in total. The van der Waals surface area contributed by atoms with Gasteiger partial charge in [0.25, 0.3) is 5.91 Å². The average molecular weight is 323 g/mol. The van der Waals surface area contributed by atoms with Gasteiger partial charge in [0, 0.05) is 12.1 Å². The molecule has 0 aliphatic carbocycles. The Morgan fingerprint density at radius 3 is 2.71 bits per heavy atom. The molecule has 2 aromatic carbocycles. The van der Waals surface area contributed by atoms with Crippen LogP contribution in [-0.4, -0.2) is 23.7 Å². The molecule has 0 bridgehead atoms. The predicted molar refractivity (Wildman–Crippen MR) is 97.1 cm³/mol. The summed E-state index contributed by atoms with van der Waals surface area (Å²) in [6.07, 6.45) is 2.18. The first kappa shape index (κ1) is 16.7. The summed E-state index contributed by atoms with van der Waals surface area (Å²) in [5.74, 6) is 0.256. The molecule has 1 heterocycles. The van der Waals surface area contributed by atoms with E-state index in [-0.39, 0.29) is 17.9 Å². The van der Waals surface area contributed by atoms with E-state index < -0.39 is 0 Å². The van der Waals surface area contributed by atoms with Crippen molar-refractivity contribution in [2.45, 2.75) is 39.2 Å². The number of carbonyl (C=O) groups is 1. The number of amides is 1. The van der Waals surface area contributed by atoms with Crippen LogP contribution in [0, 0.1) is 5.92 Å². The summed E-state index contributed by atoms with van der Waals surface area (Å²) in [4.78, 5) is 12.1. The number of hydrogen-bond donors (Lipinski definition) is 2. The van der Waals surface area contributed by atoms with Crippen molar-refractivity contribution in [2.24, 2.45) is 5.92 Å². The quantitative estimate of drug-likeness (QED) is 0.903. The van der Waals surface area contributed by atoms with Crippen molar-refractivity contribution in [1.82, 2.24) is 5.32 Å². The fourth-order valence-electron chi connectivity index (χ4n) is 3.21. The third-order valence-corrected chi connectivity index (χ3v) is 4.79. The molecule has 0 spiro atoms. The van der Waals surface area contributed by atoms with Gasteiger partial charge >= 0.3 is 0 Å². The van der Waals surface area contributed by atoms with E-state index in [0.29, 0.717) is 6.42 Å². The molecule has 0 saturated heterocycles. The Balaban J connectivity index is 1.98. The molecule has 1 aliphatic heterocycles. The number of aliphatic hydroxyl groups excluding tert-OH is 1. The van der Waals surface area contributed by atoms with Crippen molar-refractivity contribution in [1.29, 1.82) is 0 Å². The second kappa shape index (κ2) is 7.18. The molecule has 1 aliphatic rings. The number of aryl methyl sites for hydroxylation is 1. The predicted octanol–water partition coefficient (Wildman–Crippen LogP) is 3.59. The lowest BCUT2D eigenvalue weighted by atomic mass is 9.90. The molecule has 0 fully saturated rings. The second-order valence-electron chi connectivity index (χ2n) is 6.90. The standard InChI is InChI=1S/C21H25NO2/c1-14(2)20(23)13-16-6-3-4-8-18(16)17-9-10-19-15(12-17)7-5-11-22-21(19)24/h3-4,6,8-10,12,14,20,23H,5,7,11,13H2,1-2H3,(H,22,24). The molecular weight excluding hydrogens is 298 g/mol. The Bertz CT molecular complexity index is 736. The van der Waals surface area contributed by atoms with Crippen molar-refractivity contribution in [3.8, 4) is 11.1 Å². The first-order valence-electron chi connectivity index (χ1n) is 8.73. The van der Waals surface area contributed by atoms with Crippen LogP contribution in [0.15, 0.2) is 42.5 Å². The molecular formula is C21H25NO2. The molecule has 126 valence electrons. The topological polar surface area (TPSA) is 49.3 Å². The molecule has 0 aromatic heterocycles. The van der Waals surface area contributed by atoms with Crippen molar-refractivity contribution in [3.63, 3.8) is 0 Å². The van der Waals surface area contributed by atoms with Gasteiger partial charge in [-0.05, 0) is 53.5 Å². The Kier molecular flexibility index (Phi) is 5.00.